The van der Waals surface area contributed by atoms with Crippen LogP contribution < -0.4 is 10.1 Å². The van der Waals surface area contributed by atoms with Crippen molar-refractivity contribution < 1.29 is 4.74 Å². The van der Waals surface area contributed by atoms with Crippen molar-refractivity contribution in [1.29, 1.82) is 0 Å². The van der Waals surface area contributed by atoms with Gasteiger partial charge in [-0.2, -0.15) is 0 Å². The van der Waals surface area contributed by atoms with E-state index < -0.39 is 0 Å². The number of ether oxygens (including phenoxy) is 1. The molecule has 1 fully saturated rings. The molecule has 1 aliphatic heterocycles. The van der Waals surface area contributed by atoms with E-state index in [9.17, 15) is 0 Å². The van der Waals surface area contributed by atoms with E-state index in [1.807, 2.05) is 6.07 Å². The Balaban J connectivity index is 2.02. The zero-order chi connectivity index (χ0) is 12.5. The summed E-state index contributed by atoms with van der Waals surface area (Å²) in [6.45, 7) is 2.32. The lowest BCUT2D eigenvalue weighted by Crippen LogP contribution is -2.10. The van der Waals surface area contributed by atoms with Gasteiger partial charge in [-0.25, -0.2) is 0 Å². The second kappa shape index (κ2) is 4.65. The average molecular weight is 244 g/mol. The van der Waals surface area contributed by atoms with E-state index in [0.717, 1.165) is 24.6 Å². The third kappa shape index (κ3) is 1.89. The number of benzene rings is 1. The van der Waals surface area contributed by atoms with Crippen LogP contribution >= 0.6 is 0 Å². The smallest absolute Gasteiger partial charge is 0.143 e. The number of aromatic nitrogens is 1. The van der Waals surface area contributed by atoms with Crippen LogP contribution in [0.5, 0.6) is 5.75 Å². The summed E-state index contributed by atoms with van der Waals surface area (Å²) >= 11 is 0. The highest BCUT2D eigenvalue weighted by molar-refractivity contribution is 5.89. The maximum absolute atomic E-state index is 5.46. The molecule has 0 saturated carbocycles. The fraction of sp³-hybridized carbons (Fsp3) is 0.467. The molecule has 2 heterocycles. The standard InChI is InChI=1S/C15H20N2O/c1-17-10-12(8-11-6-7-16-9-11)13-4-3-5-14(18-2)15(13)17/h3-5,10-11,16H,6-9H2,1-2H3. The summed E-state index contributed by atoms with van der Waals surface area (Å²) in [5, 5.41) is 4.78. The molecule has 3 nitrogen and oxygen atoms in total. The van der Waals surface area contributed by atoms with E-state index in [0.29, 0.717) is 0 Å². The van der Waals surface area contributed by atoms with Gasteiger partial charge in [0.05, 0.1) is 12.6 Å². The van der Waals surface area contributed by atoms with E-state index >= 15 is 0 Å². The van der Waals surface area contributed by atoms with Crippen LogP contribution in [0.4, 0.5) is 0 Å². The van der Waals surface area contributed by atoms with E-state index in [-0.39, 0.29) is 0 Å². The summed E-state index contributed by atoms with van der Waals surface area (Å²) in [7, 11) is 3.84. The second-order valence-electron chi connectivity index (χ2n) is 5.18. The molecule has 0 amide bonds. The first-order valence-electron chi connectivity index (χ1n) is 6.61. The van der Waals surface area contributed by atoms with E-state index in [1.54, 1.807) is 7.11 Å². The summed E-state index contributed by atoms with van der Waals surface area (Å²) in [6, 6.07) is 6.32. The summed E-state index contributed by atoms with van der Waals surface area (Å²) in [5.41, 5.74) is 2.65. The minimum absolute atomic E-state index is 0.779. The molecule has 1 unspecified atom stereocenters. The Morgan fingerprint density at radius 2 is 2.33 bits per heavy atom. The fourth-order valence-electron chi connectivity index (χ4n) is 3.04. The predicted molar refractivity (Wildman–Crippen MR) is 74.2 cm³/mol. The molecule has 2 aromatic rings. The van der Waals surface area contributed by atoms with Crippen LogP contribution in [0.15, 0.2) is 24.4 Å². The molecule has 0 aliphatic carbocycles. The molecule has 0 bridgehead atoms. The highest BCUT2D eigenvalue weighted by Gasteiger charge is 2.18. The molecule has 1 aromatic heterocycles. The molecule has 1 aromatic carbocycles. The number of nitrogens with one attached hydrogen (secondary N) is 1. The van der Waals surface area contributed by atoms with E-state index in [1.165, 1.54) is 29.4 Å². The van der Waals surface area contributed by atoms with Crippen LogP contribution in [0.2, 0.25) is 0 Å². The van der Waals surface area contributed by atoms with Gasteiger partial charge in [0.15, 0.2) is 0 Å². The molecule has 3 rings (SSSR count). The van der Waals surface area contributed by atoms with Gasteiger partial charge < -0.3 is 14.6 Å². The highest BCUT2D eigenvalue weighted by atomic mass is 16.5. The topological polar surface area (TPSA) is 26.2 Å². The number of hydrogen-bond acceptors (Lipinski definition) is 2. The number of methoxy groups -OCH3 is 1. The molecule has 0 radical (unpaired) electrons. The highest BCUT2D eigenvalue weighted by Crippen LogP contribution is 2.31. The van der Waals surface area contributed by atoms with E-state index in [2.05, 4.69) is 35.3 Å². The first kappa shape index (κ1) is 11.6. The van der Waals surface area contributed by atoms with Crippen LogP contribution in [0.3, 0.4) is 0 Å². The summed E-state index contributed by atoms with van der Waals surface area (Å²) in [5.74, 6) is 1.74. The summed E-state index contributed by atoms with van der Waals surface area (Å²) in [6.07, 6.45) is 4.71. The van der Waals surface area contributed by atoms with Crippen molar-refractivity contribution in [3.05, 3.63) is 30.0 Å². The van der Waals surface area contributed by atoms with Crippen LogP contribution in [0, 0.1) is 5.92 Å². The lowest BCUT2D eigenvalue weighted by Gasteiger charge is -2.07. The van der Waals surface area contributed by atoms with Gasteiger partial charge in [0.25, 0.3) is 0 Å². The van der Waals surface area contributed by atoms with Crippen molar-refractivity contribution in [2.45, 2.75) is 12.8 Å². The van der Waals surface area contributed by atoms with Gasteiger partial charge in [0, 0.05) is 18.6 Å². The Kier molecular flexibility index (Phi) is 3.00. The molecule has 18 heavy (non-hydrogen) atoms. The van der Waals surface area contributed by atoms with Gasteiger partial charge >= 0.3 is 0 Å². The molecule has 1 atom stereocenters. The van der Waals surface area contributed by atoms with Crippen LogP contribution in [0.1, 0.15) is 12.0 Å². The molecule has 1 N–H and O–H groups in total. The average Bonchev–Trinajstić information content (AvgIpc) is 2.99. The van der Waals surface area contributed by atoms with Gasteiger partial charge in [0.2, 0.25) is 0 Å². The van der Waals surface area contributed by atoms with E-state index in [4.69, 9.17) is 4.74 Å². The van der Waals surface area contributed by atoms with Crippen molar-refractivity contribution in [2.24, 2.45) is 13.0 Å². The third-order valence-corrected chi connectivity index (χ3v) is 3.94. The number of rotatable bonds is 3. The first-order valence-corrected chi connectivity index (χ1v) is 6.61. The van der Waals surface area contributed by atoms with Crippen LogP contribution in [-0.2, 0) is 13.5 Å². The number of para-hydroxylation sites is 1. The van der Waals surface area contributed by atoms with Gasteiger partial charge in [0.1, 0.15) is 5.75 Å². The normalized spacial score (nSPS) is 19.6. The van der Waals surface area contributed by atoms with Gasteiger partial charge in [-0.05, 0) is 43.5 Å². The van der Waals surface area contributed by atoms with Crippen molar-refractivity contribution in [3.63, 3.8) is 0 Å². The molecule has 0 spiro atoms. The van der Waals surface area contributed by atoms with Crippen LogP contribution in [-0.4, -0.2) is 24.8 Å². The van der Waals surface area contributed by atoms with Gasteiger partial charge in [-0.15, -0.1) is 0 Å². The number of nitrogens with zero attached hydrogens (tertiary/aromatic N) is 1. The SMILES string of the molecule is COc1cccc2c(CC3CCNC3)cn(C)c12. The number of hydrogen-bond donors (Lipinski definition) is 1. The molecule has 1 saturated heterocycles. The maximum Gasteiger partial charge on any atom is 0.143 e. The zero-order valence-corrected chi connectivity index (χ0v) is 11.1. The molecule has 3 heteroatoms. The Morgan fingerprint density at radius 3 is 3.06 bits per heavy atom. The lowest BCUT2D eigenvalue weighted by atomic mass is 9.98. The Morgan fingerprint density at radius 1 is 1.44 bits per heavy atom. The Labute approximate surface area is 108 Å². The summed E-state index contributed by atoms with van der Waals surface area (Å²) in [4.78, 5) is 0. The Bertz CT molecular complexity index is 553. The molecule has 1 aliphatic rings. The van der Waals surface area contributed by atoms with Crippen molar-refractivity contribution >= 4 is 10.9 Å². The largest absolute Gasteiger partial charge is 0.495 e. The zero-order valence-electron chi connectivity index (χ0n) is 11.1. The molecule has 96 valence electrons. The first-order chi connectivity index (χ1) is 8.79. The minimum Gasteiger partial charge on any atom is -0.495 e. The van der Waals surface area contributed by atoms with Crippen molar-refractivity contribution in [3.8, 4) is 5.75 Å². The van der Waals surface area contributed by atoms with Crippen molar-refractivity contribution in [1.82, 2.24) is 9.88 Å². The number of aryl methyl sites for hydroxylation is 1. The maximum atomic E-state index is 5.46. The monoisotopic (exact) mass is 244 g/mol. The number of fused-ring (bicyclic) bond motifs is 1. The van der Waals surface area contributed by atoms with Gasteiger partial charge in [-0.1, -0.05) is 12.1 Å². The fourth-order valence-corrected chi connectivity index (χ4v) is 3.04. The lowest BCUT2D eigenvalue weighted by molar-refractivity contribution is 0.418. The van der Waals surface area contributed by atoms with Crippen LogP contribution in [0.25, 0.3) is 10.9 Å². The van der Waals surface area contributed by atoms with Crippen molar-refractivity contribution in [2.75, 3.05) is 20.2 Å². The molecular formula is C15H20N2O. The third-order valence-electron chi connectivity index (χ3n) is 3.94. The molecular weight excluding hydrogens is 224 g/mol. The quantitative estimate of drug-likeness (QED) is 0.897. The second-order valence-corrected chi connectivity index (χ2v) is 5.18. The van der Waals surface area contributed by atoms with Gasteiger partial charge in [-0.3, -0.25) is 0 Å². The predicted octanol–water partition coefficient (Wildman–Crippen LogP) is 2.34. The summed E-state index contributed by atoms with van der Waals surface area (Å²) < 4.78 is 7.64. The minimum atomic E-state index is 0.779. The Hall–Kier alpha value is -1.48.